The Morgan fingerprint density at radius 2 is 1.89 bits per heavy atom. The van der Waals surface area contributed by atoms with E-state index in [4.69, 9.17) is 15.4 Å². The van der Waals surface area contributed by atoms with Gasteiger partial charge in [-0.3, -0.25) is 0 Å². The molecule has 0 aromatic heterocycles. The predicted molar refractivity (Wildman–Crippen MR) is 74.7 cm³/mol. The summed E-state index contributed by atoms with van der Waals surface area (Å²) in [5.74, 6) is 0.259. The van der Waals surface area contributed by atoms with Crippen molar-refractivity contribution in [2.75, 3.05) is 12.4 Å². The van der Waals surface area contributed by atoms with E-state index < -0.39 is 9.05 Å². The Morgan fingerprint density at radius 3 is 2.53 bits per heavy atom. The zero-order valence-electron chi connectivity index (χ0n) is 10.9. The van der Waals surface area contributed by atoms with Crippen LogP contribution >= 0.6 is 10.7 Å². The van der Waals surface area contributed by atoms with Crippen molar-refractivity contribution < 1.29 is 17.5 Å². The van der Waals surface area contributed by atoms with Crippen molar-refractivity contribution in [2.45, 2.75) is 32.6 Å². The third-order valence-corrected chi connectivity index (χ3v) is 3.93. The van der Waals surface area contributed by atoms with Gasteiger partial charge in [0.2, 0.25) is 9.05 Å². The fourth-order valence-electron chi connectivity index (χ4n) is 1.58. The second kappa shape index (κ2) is 7.70. The molecule has 0 aliphatic carbocycles. The number of benzene rings is 1. The Labute approximate surface area is 118 Å². The van der Waals surface area contributed by atoms with Crippen molar-refractivity contribution in [3.63, 3.8) is 0 Å². The van der Waals surface area contributed by atoms with E-state index in [9.17, 15) is 12.8 Å². The van der Waals surface area contributed by atoms with Crippen LogP contribution in [0.3, 0.4) is 0 Å². The van der Waals surface area contributed by atoms with Crippen LogP contribution in [0.25, 0.3) is 0 Å². The number of hydrogen-bond donors (Lipinski definition) is 0. The molecule has 0 atom stereocenters. The minimum absolute atomic E-state index is 0.0125. The summed E-state index contributed by atoms with van der Waals surface area (Å²) in [6, 6.07) is 4.78. The lowest BCUT2D eigenvalue weighted by Crippen LogP contribution is -2.00. The molecule has 1 rings (SSSR count). The number of halogens is 2. The monoisotopic (exact) mass is 308 g/mol. The molecule has 0 saturated carbocycles. The molecule has 0 N–H and O–H groups in total. The Bertz CT molecular complexity index is 503. The van der Waals surface area contributed by atoms with Crippen LogP contribution in [0.4, 0.5) is 4.39 Å². The second-order valence-corrected chi connectivity index (χ2v) is 7.31. The lowest BCUT2D eigenvalue weighted by Gasteiger charge is -2.06. The molecule has 6 heteroatoms. The predicted octanol–water partition coefficient (Wildman–Crippen LogP) is 3.64. The maximum absolute atomic E-state index is 13.2. The van der Waals surface area contributed by atoms with Gasteiger partial charge in [-0.25, -0.2) is 12.8 Å². The van der Waals surface area contributed by atoms with Gasteiger partial charge in [-0.05, 0) is 31.4 Å². The molecule has 0 aliphatic rings. The summed E-state index contributed by atoms with van der Waals surface area (Å²) < 4.78 is 40.0. The van der Waals surface area contributed by atoms with E-state index in [2.05, 4.69) is 0 Å². The van der Waals surface area contributed by atoms with Gasteiger partial charge < -0.3 is 4.74 Å². The van der Waals surface area contributed by atoms with Crippen molar-refractivity contribution in [2.24, 2.45) is 0 Å². The lowest BCUT2D eigenvalue weighted by atomic mass is 10.2. The van der Waals surface area contributed by atoms with Crippen molar-refractivity contribution in [1.82, 2.24) is 0 Å². The molecular formula is C13H18ClFO3S. The van der Waals surface area contributed by atoms with Gasteiger partial charge in [-0.1, -0.05) is 18.9 Å². The Hall–Kier alpha value is -0.810. The van der Waals surface area contributed by atoms with Crippen LogP contribution in [0.2, 0.25) is 0 Å². The van der Waals surface area contributed by atoms with Crippen molar-refractivity contribution in [1.29, 1.82) is 0 Å². The molecule has 108 valence electrons. The number of ether oxygens (including phenoxy) is 1. The number of hydrogen-bond acceptors (Lipinski definition) is 3. The SMILES string of the molecule is Cc1ccc(OCCCCCCS(=O)(=O)Cl)cc1F. The highest BCUT2D eigenvalue weighted by Gasteiger charge is 2.04. The first-order valence-electron chi connectivity index (χ1n) is 6.20. The maximum atomic E-state index is 13.2. The molecule has 0 amide bonds. The summed E-state index contributed by atoms with van der Waals surface area (Å²) in [5.41, 5.74) is 0.592. The van der Waals surface area contributed by atoms with E-state index in [1.165, 1.54) is 6.07 Å². The molecule has 0 radical (unpaired) electrons. The van der Waals surface area contributed by atoms with E-state index in [-0.39, 0.29) is 11.6 Å². The van der Waals surface area contributed by atoms with E-state index in [1.807, 2.05) is 0 Å². The Morgan fingerprint density at radius 1 is 1.21 bits per heavy atom. The quantitative estimate of drug-likeness (QED) is 0.544. The molecule has 0 unspecified atom stereocenters. The summed E-state index contributed by atoms with van der Waals surface area (Å²) in [7, 11) is 1.72. The van der Waals surface area contributed by atoms with Gasteiger partial charge in [0.05, 0.1) is 12.4 Å². The van der Waals surface area contributed by atoms with Crippen LogP contribution in [-0.2, 0) is 9.05 Å². The molecule has 0 bridgehead atoms. The first kappa shape index (κ1) is 16.2. The van der Waals surface area contributed by atoms with E-state index >= 15 is 0 Å². The van der Waals surface area contributed by atoms with Gasteiger partial charge in [0, 0.05) is 16.7 Å². The molecule has 0 saturated heterocycles. The molecule has 3 nitrogen and oxygen atoms in total. The van der Waals surface area contributed by atoms with Crippen molar-refractivity contribution in [3.8, 4) is 5.75 Å². The number of unbranched alkanes of at least 4 members (excludes halogenated alkanes) is 3. The number of aryl methyl sites for hydroxylation is 1. The summed E-state index contributed by atoms with van der Waals surface area (Å²) >= 11 is 0. The van der Waals surface area contributed by atoms with Crippen LogP contribution in [0.15, 0.2) is 18.2 Å². The summed E-state index contributed by atoms with van der Waals surface area (Å²) in [6.45, 7) is 2.19. The molecule has 0 fully saturated rings. The summed E-state index contributed by atoms with van der Waals surface area (Å²) in [4.78, 5) is 0. The molecule has 1 aromatic carbocycles. The fourth-order valence-corrected chi connectivity index (χ4v) is 2.46. The largest absolute Gasteiger partial charge is 0.493 e. The molecule has 1 aromatic rings. The van der Waals surface area contributed by atoms with Gasteiger partial charge in [0.25, 0.3) is 0 Å². The molecule has 0 spiro atoms. The van der Waals surface area contributed by atoms with E-state index in [1.54, 1.807) is 19.1 Å². The second-order valence-electron chi connectivity index (χ2n) is 4.42. The zero-order valence-corrected chi connectivity index (χ0v) is 12.4. The minimum atomic E-state index is -3.37. The normalized spacial score (nSPS) is 11.5. The maximum Gasteiger partial charge on any atom is 0.232 e. The average Bonchev–Trinajstić information content (AvgIpc) is 2.31. The van der Waals surface area contributed by atoms with E-state index in [0.717, 1.165) is 19.3 Å². The van der Waals surface area contributed by atoms with Crippen molar-refractivity contribution >= 4 is 19.7 Å². The third kappa shape index (κ3) is 7.38. The average molecular weight is 309 g/mol. The van der Waals surface area contributed by atoms with Crippen LogP contribution in [0, 0.1) is 12.7 Å². The van der Waals surface area contributed by atoms with Crippen LogP contribution in [0.5, 0.6) is 5.75 Å². The highest BCUT2D eigenvalue weighted by molar-refractivity contribution is 8.13. The first-order valence-corrected chi connectivity index (χ1v) is 8.67. The van der Waals surface area contributed by atoms with Gasteiger partial charge in [0.15, 0.2) is 0 Å². The Kier molecular flexibility index (Phi) is 6.58. The molecule has 0 heterocycles. The van der Waals surface area contributed by atoms with Gasteiger partial charge in [0.1, 0.15) is 11.6 Å². The Balaban J connectivity index is 2.12. The smallest absolute Gasteiger partial charge is 0.232 e. The highest BCUT2D eigenvalue weighted by atomic mass is 35.7. The minimum Gasteiger partial charge on any atom is -0.493 e. The summed E-state index contributed by atoms with van der Waals surface area (Å²) in [6.07, 6.45) is 3.02. The van der Waals surface area contributed by atoms with Crippen LogP contribution in [0.1, 0.15) is 31.2 Å². The summed E-state index contributed by atoms with van der Waals surface area (Å²) in [5, 5.41) is 0. The first-order chi connectivity index (χ1) is 8.88. The fraction of sp³-hybridized carbons (Fsp3) is 0.538. The number of rotatable bonds is 8. The standard InChI is InChI=1S/C13H18ClFO3S/c1-11-6-7-12(10-13(11)15)18-8-4-2-3-5-9-19(14,16)17/h6-7,10H,2-5,8-9H2,1H3. The van der Waals surface area contributed by atoms with Crippen LogP contribution in [-0.4, -0.2) is 20.8 Å². The van der Waals surface area contributed by atoms with Gasteiger partial charge >= 0.3 is 0 Å². The van der Waals surface area contributed by atoms with Gasteiger partial charge in [-0.2, -0.15) is 0 Å². The zero-order chi connectivity index (χ0) is 14.3. The van der Waals surface area contributed by atoms with E-state index in [0.29, 0.717) is 24.3 Å². The third-order valence-electron chi connectivity index (χ3n) is 2.69. The van der Waals surface area contributed by atoms with Gasteiger partial charge in [-0.15, -0.1) is 0 Å². The van der Waals surface area contributed by atoms with Crippen molar-refractivity contribution in [3.05, 3.63) is 29.6 Å². The van der Waals surface area contributed by atoms with Crippen LogP contribution < -0.4 is 4.74 Å². The highest BCUT2D eigenvalue weighted by Crippen LogP contribution is 2.16. The molecule has 0 aliphatic heterocycles. The lowest BCUT2D eigenvalue weighted by molar-refractivity contribution is 0.303. The topological polar surface area (TPSA) is 43.4 Å². The molecular weight excluding hydrogens is 291 g/mol. The molecule has 19 heavy (non-hydrogen) atoms.